The number of likely N-dealkylation sites (tertiary alicyclic amines) is 2. The largest absolute Gasteiger partial charge is 0.392 e. The Morgan fingerprint density at radius 2 is 2.00 bits per heavy atom. The molecule has 4 nitrogen and oxygen atoms in total. The van der Waals surface area contributed by atoms with E-state index < -0.39 is 0 Å². The van der Waals surface area contributed by atoms with Crippen LogP contribution in [0.2, 0.25) is 0 Å². The number of piperidine rings is 2. The molecular formula is C20H27N3OS. The van der Waals surface area contributed by atoms with Crippen LogP contribution in [-0.4, -0.2) is 59.2 Å². The SMILES string of the molecule is CN1CC(O)CC2(CCN(Cc3nc(-c4ccccc4)cs3)CC2)C1. The van der Waals surface area contributed by atoms with Crippen LogP contribution < -0.4 is 0 Å². The second-order valence-electron chi connectivity index (χ2n) is 7.82. The standard InChI is InChI=1S/C20H27N3OS/c1-22-12-17(24)11-20(15-22)7-9-23(10-8-20)13-19-21-18(14-25-19)16-5-3-2-4-6-16/h2-6,14,17,24H,7-13,15H2,1H3. The third kappa shape index (κ3) is 3.95. The second-order valence-corrected chi connectivity index (χ2v) is 8.77. The fourth-order valence-corrected chi connectivity index (χ4v) is 5.33. The number of likely N-dealkylation sites (N-methyl/N-ethyl adjacent to an activating group) is 1. The summed E-state index contributed by atoms with van der Waals surface area (Å²) in [5.74, 6) is 0. The zero-order chi connectivity index (χ0) is 17.3. The van der Waals surface area contributed by atoms with Crippen molar-refractivity contribution >= 4 is 11.3 Å². The average Bonchev–Trinajstić information content (AvgIpc) is 3.06. The minimum atomic E-state index is -0.155. The minimum absolute atomic E-state index is 0.155. The molecule has 2 saturated heterocycles. The summed E-state index contributed by atoms with van der Waals surface area (Å²) in [6.07, 6.45) is 3.19. The van der Waals surface area contributed by atoms with Crippen molar-refractivity contribution in [1.82, 2.24) is 14.8 Å². The third-order valence-corrected chi connectivity index (χ3v) is 6.53. The Labute approximate surface area is 154 Å². The van der Waals surface area contributed by atoms with E-state index >= 15 is 0 Å². The molecule has 0 aliphatic carbocycles. The molecule has 0 saturated carbocycles. The molecule has 1 unspecified atom stereocenters. The lowest BCUT2D eigenvalue weighted by atomic mass is 9.72. The van der Waals surface area contributed by atoms with Gasteiger partial charge in [0.25, 0.3) is 0 Å². The maximum atomic E-state index is 10.1. The van der Waals surface area contributed by atoms with Crippen LogP contribution >= 0.6 is 11.3 Å². The molecule has 1 spiro atoms. The molecule has 1 N–H and O–H groups in total. The van der Waals surface area contributed by atoms with Crippen LogP contribution in [0.15, 0.2) is 35.7 Å². The first kappa shape index (κ1) is 17.2. The molecule has 2 aromatic rings. The lowest BCUT2D eigenvalue weighted by Crippen LogP contribution is -2.52. The predicted octanol–water partition coefficient (Wildman–Crippen LogP) is 3.09. The summed E-state index contributed by atoms with van der Waals surface area (Å²) in [6.45, 7) is 5.13. The molecule has 3 heterocycles. The Kier molecular flexibility index (Phi) is 4.91. The molecule has 1 aromatic heterocycles. The molecule has 2 aliphatic heterocycles. The van der Waals surface area contributed by atoms with Crippen LogP contribution in [0, 0.1) is 5.41 Å². The van der Waals surface area contributed by atoms with Gasteiger partial charge < -0.3 is 10.0 Å². The van der Waals surface area contributed by atoms with E-state index in [2.05, 4.69) is 46.5 Å². The van der Waals surface area contributed by atoms with E-state index in [0.29, 0.717) is 5.41 Å². The van der Waals surface area contributed by atoms with Crippen LogP contribution in [0.1, 0.15) is 24.3 Å². The van der Waals surface area contributed by atoms with Crippen molar-refractivity contribution in [3.63, 3.8) is 0 Å². The maximum absolute atomic E-state index is 10.1. The molecular weight excluding hydrogens is 330 g/mol. The first-order chi connectivity index (χ1) is 12.1. The lowest BCUT2D eigenvalue weighted by Gasteiger charge is -2.48. The third-order valence-electron chi connectivity index (χ3n) is 5.69. The highest BCUT2D eigenvalue weighted by Gasteiger charge is 2.40. The Balaban J connectivity index is 1.35. The van der Waals surface area contributed by atoms with Gasteiger partial charge in [-0.3, -0.25) is 4.90 Å². The molecule has 2 aliphatic rings. The number of hydrogen-bond acceptors (Lipinski definition) is 5. The Hall–Kier alpha value is -1.27. The van der Waals surface area contributed by atoms with E-state index in [0.717, 1.165) is 44.8 Å². The van der Waals surface area contributed by atoms with Crippen molar-refractivity contribution in [2.75, 3.05) is 33.2 Å². The predicted molar refractivity (Wildman–Crippen MR) is 103 cm³/mol. The first-order valence-corrected chi connectivity index (χ1v) is 10.1. The highest BCUT2D eigenvalue weighted by molar-refractivity contribution is 7.09. The fraction of sp³-hybridized carbons (Fsp3) is 0.550. The zero-order valence-electron chi connectivity index (χ0n) is 14.9. The minimum Gasteiger partial charge on any atom is -0.392 e. The normalized spacial score (nSPS) is 24.6. The molecule has 1 aromatic carbocycles. The smallest absolute Gasteiger partial charge is 0.107 e. The Morgan fingerprint density at radius 1 is 1.24 bits per heavy atom. The molecule has 5 heteroatoms. The Morgan fingerprint density at radius 3 is 2.72 bits per heavy atom. The van der Waals surface area contributed by atoms with Gasteiger partial charge in [-0.05, 0) is 44.8 Å². The maximum Gasteiger partial charge on any atom is 0.107 e. The summed E-state index contributed by atoms with van der Waals surface area (Å²) in [7, 11) is 2.14. The molecule has 4 rings (SSSR count). The van der Waals surface area contributed by atoms with Gasteiger partial charge in [0, 0.05) is 24.0 Å². The number of aliphatic hydroxyl groups is 1. The van der Waals surface area contributed by atoms with Gasteiger partial charge in [-0.1, -0.05) is 30.3 Å². The quantitative estimate of drug-likeness (QED) is 0.916. The number of nitrogens with zero attached hydrogens (tertiary/aromatic N) is 3. The van der Waals surface area contributed by atoms with Gasteiger partial charge in [0.05, 0.1) is 18.3 Å². The molecule has 134 valence electrons. The average molecular weight is 358 g/mol. The molecule has 2 fully saturated rings. The van der Waals surface area contributed by atoms with Crippen molar-refractivity contribution in [2.45, 2.75) is 31.9 Å². The van der Waals surface area contributed by atoms with E-state index in [1.165, 1.54) is 23.4 Å². The fourth-order valence-electron chi connectivity index (χ4n) is 4.49. The summed E-state index contributed by atoms with van der Waals surface area (Å²) < 4.78 is 0. The van der Waals surface area contributed by atoms with Gasteiger partial charge in [-0.25, -0.2) is 4.98 Å². The van der Waals surface area contributed by atoms with Crippen LogP contribution in [0.25, 0.3) is 11.3 Å². The van der Waals surface area contributed by atoms with Gasteiger partial charge in [0.1, 0.15) is 5.01 Å². The Bertz CT molecular complexity index is 682. The van der Waals surface area contributed by atoms with Crippen molar-refractivity contribution in [1.29, 1.82) is 0 Å². The van der Waals surface area contributed by atoms with Gasteiger partial charge in [-0.2, -0.15) is 0 Å². The van der Waals surface area contributed by atoms with E-state index in [4.69, 9.17) is 4.98 Å². The van der Waals surface area contributed by atoms with Crippen molar-refractivity contribution in [2.24, 2.45) is 5.41 Å². The number of aromatic nitrogens is 1. The molecule has 0 bridgehead atoms. The summed E-state index contributed by atoms with van der Waals surface area (Å²) in [4.78, 5) is 9.66. The summed E-state index contributed by atoms with van der Waals surface area (Å²) in [6, 6.07) is 10.4. The van der Waals surface area contributed by atoms with Gasteiger partial charge in [-0.15, -0.1) is 11.3 Å². The van der Waals surface area contributed by atoms with Gasteiger partial charge in [0.2, 0.25) is 0 Å². The van der Waals surface area contributed by atoms with Crippen LogP contribution in [0.5, 0.6) is 0 Å². The van der Waals surface area contributed by atoms with Crippen molar-refractivity contribution in [3.05, 3.63) is 40.7 Å². The van der Waals surface area contributed by atoms with Crippen LogP contribution in [-0.2, 0) is 6.54 Å². The number of rotatable bonds is 3. The number of thiazole rings is 1. The molecule has 0 amide bonds. The zero-order valence-corrected chi connectivity index (χ0v) is 15.7. The number of benzene rings is 1. The lowest BCUT2D eigenvalue weighted by molar-refractivity contribution is -0.0331. The highest BCUT2D eigenvalue weighted by Crippen LogP contribution is 2.40. The van der Waals surface area contributed by atoms with Gasteiger partial charge in [0.15, 0.2) is 0 Å². The number of β-amino-alcohol motifs (C(OH)–C–C–N with tert-alkyl or cyclic N) is 1. The molecule has 0 radical (unpaired) electrons. The summed E-state index contributed by atoms with van der Waals surface area (Å²) >= 11 is 1.76. The van der Waals surface area contributed by atoms with Crippen molar-refractivity contribution in [3.8, 4) is 11.3 Å². The van der Waals surface area contributed by atoms with Crippen LogP contribution in [0.3, 0.4) is 0 Å². The number of hydrogen-bond donors (Lipinski definition) is 1. The topological polar surface area (TPSA) is 39.6 Å². The highest BCUT2D eigenvalue weighted by atomic mass is 32.1. The molecule has 1 atom stereocenters. The summed E-state index contributed by atoms with van der Waals surface area (Å²) in [5, 5.41) is 13.5. The van der Waals surface area contributed by atoms with Gasteiger partial charge >= 0.3 is 0 Å². The van der Waals surface area contributed by atoms with Crippen LogP contribution in [0.4, 0.5) is 0 Å². The number of aliphatic hydroxyl groups excluding tert-OH is 1. The molecule has 25 heavy (non-hydrogen) atoms. The first-order valence-electron chi connectivity index (χ1n) is 9.21. The monoisotopic (exact) mass is 357 g/mol. The van der Waals surface area contributed by atoms with E-state index in [1.807, 2.05) is 6.07 Å². The van der Waals surface area contributed by atoms with E-state index in [-0.39, 0.29) is 6.10 Å². The van der Waals surface area contributed by atoms with Crippen molar-refractivity contribution < 1.29 is 5.11 Å². The summed E-state index contributed by atoms with van der Waals surface area (Å²) in [5.41, 5.74) is 2.61. The van der Waals surface area contributed by atoms with E-state index in [9.17, 15) is 5.11 Å². The second kappa shape index (κ2) is 7.16. The van der Waals surface area contributed by atoms with E-state index in [1.54, 1.807) is 11.3 Å².